The van der Waals surface area contributed by atoms with Crippen molar-refractivity contribution in [3.63, 3.8) is 0 Å². The molecule has 0 radical (unpaired) electrons. The molecule has 2 aromatic heterocycles. The van der Waals surface area contributed by atoms with Crippen molar-refractivity contribution in [2.75, 3.05) is 0 Å². The Hall–Kier alpha value is -0.359. The molecule has 3 rings (SSSR count). The summed E-state index contributed by atoms with van der Waals surface area (Å²) in [5, 5.41) is 1.33. The van der Waals surface area contributed by atoms with Gasteiger partial charge in [0.25, 0.3) is 0 Å². The van der Waals surface area contributed by atoms with Gasteiger partial charge in [-0.1, -0.05) is 0 Å². The van der Waals surface area contributed by atoms with Crippen molar-refractivity contribution in [3.05, 3.63) is 53.3 Å². The molecule has 0 saturated carbocycles. The minimum atomic E-state index is -3.67. The van der Waals surface area contributed by atoms with Gasteiger partial charge in [-0.25, -0.2) is 0 Å². The molecule has 0 aliphatic heterocycles. The number of pyridine rings is 1. The zero-order chi connectivity index (χ0) is 18.8. The van der Waals surface area contributed by atoms with Crippen LogP contribution < -0.4 is -0.342 Å². The largest absolute Gasteiger partial charge is 0.762 e. The summed E-state index contributed by atoms with van der Waals surface area (Å²) in [6.07, 6.45) is 3.13. The SMILES string of the molecule is Cc1ccc(S(=O)(=O)n2c[c]([K])c3cc(Cl)cnc32)cc1.FB(F)F. The molecule has 0 saturated heterocycles. The van der Waals surface area contributed by atoms with E-state index < -0.39 is 17.6 Å². The minimum absolute atomic E-state index is 0.259. The Morgan fingerprint density at radius 2 is 1.76 bits per heavy atom. The van der Waals surface area contributed by atoms with Crippen molar-refractivity contribution >= 4 is 88.8 Å². The number of hydrogen-bond acceptors (Lipinski definition) is 3. The first-order valence-corrected chi connectivity index (χ1v) is 10.4. The van der Waals surface area contributed by atoms with E-state index in [-0.39, 0.29) is 4.90 Å². The predicted octanol–water partition coefficient (Wildman–Crippen LogP) is 2.91. The van der Waals surface area contributed by atoms with Crippen molar-refractivity contribution in [2.24, 2.45) is 0 Å². The van der Waals surface area contributed by atoms with Crippen LogP contribution in [0.1, 0.15) is 5.56 Å². The molecule has 2 heterocycles. The molecule has 0 fully saturated rings. The van der Waals surface area contributed by atoms with E-state index in [2.05, 4.69) is 4.98 Å². The van der Waals surface area contributed by atoms with Crippen molar-refractivity contribution < 1.29 is 21.4 Å². The maximum absolute atomic E-state index is 12.8. The van der Waals surface area contributed by atoms with Gasteiger partial charge in [-0.3, -0.25) is 12.9 Å². The van der Waals surface area contributed by atoms with Gasteiger partial charge < -0.3 is 0 Å². The first-order chi connectivity index (χ1) is 11.6. The van der Waals surface area contributed by atoms with Crippen LogP contribution in [-0.2, 0) is 10.0 Å². The Labute approximate surface area is 182 Å². The van der Waals surface area contributed by atoms with Crippen molar-refractivity contribution in [3.8, 4) is 0 Å². The topological polar surface area (TPSA) is 52.0 Å². The number of aryl methyl sites for hydroxylation is 1. The fourth-order valence-electron chi connectivity index (χ4n) is 2.21. The molecule has 0 amide bonds. The number of rotatable bonds is 2. The van der Waals surface area contributed by atoms with Gasteiger partial charge >= 0.3 is 171 Å². The van der Waals surface area contributed by atoms with E-state index in [9.17, 15) is 21.4 Å². The van der Waals surface area contributed by atoms with Crippen LogP contribution in [0.4, 0.5) is 12.9 Å². The third-order valence-corrected chi connectivity index (χ3v) is 6.47. The molecule has 0 N–H and O–H groups in total. The van der Waals surface area contributed by atoms with E-state index in [1.54, 1.807) is 36.5 Å². The molecule has 0 spiro atoms. The number of halogens is 4. The van der Waals surface area contributed by atoms with Crippen LogP contribution in [0.15, 0.2) is 47.6 Å². The molecule has 0 atom stereocenters. The van der Waals surface area contributed by atoms with Gasteiger partial charge in [0, 0.05) is 0 Å². The van der Waals surface area contributed by atoms with Gasteiger partial charge in [0.2, 0.25) is 0 Å². The molecular formula is C14H10BClF3KN2O2S. The van der Waals surface area contributed by atoms with E-state index in [1.807, 2.05) is 6.92 Å². The summed E-state index contributed by atoms with van der Waals surface area (Å²) >= 11 is 6.27. The summed E-state index contributed by atoms with van der Waals surface area (Å²) in [5.41, 5.74) is 1.45. The monoisotopic (exact) mass is 412 g/mol. The Kier molecular flexibility index (Phi) is 7.17. The van der Waals surface area contributed by atoms with Gasteiger partial charge in [-0.15, -0.1) is 0 Å². The number of hydrogen-bond donors (Lipinski definition) is 0. The Balaban J connectivity index is 0.000000511. The average molecular weight is 413 g/mol. The summed E-state index contributed by atoms with van der Waals surface area (Å²) in [6.45, 7) is 1.92. The van der Waals surface area contributed by atoms with Gasteiger partial charge in [0.15, 0.2) is 0 Å². The Morgan fingerprint density at radius 3 is 2.32 bits per heavy atom. The second-order valence-corrected chi connectivity index (χ2v) is 9.13. The number of benzene rings is 1. The summed E-state index contributed by atoms with van der Waals surface area (Å²) in [6, 6.07) is 8.57. The molecule has 0 aliphatic carbocycles. The van der Waals surface area contributed by atoms with Gasteiger partial charge in [-0.2, -0.15) is 0 Å². The maximum Gasteiger partial charge on any atom is 0.762 e. The first kappa shape index (κ1) is 20.9. The molecule has 0 bridgehead atoms. The summed E-state index contributed by atoms with van der Waals surface area (Å²) in [4.78, 5) is 4.45. The molecule has 0 unspecified atom stereocenters. The first-order valence-electron chi connectivity index (χ1n) is 7.00. The molecular weight excluding hydrogens is 403 g/mol. The van der Waals surface area contributed by atoms with Crippen molar-refractivity contribution in [1.82, 2.24) is 8.96 Å². The summed E-state index contributed by atoms with van der Waals surface area (Å²) in [5.74, 6) is 0. The molecule has 126 valence electrons. The van der Waals surface area contributed by atoms with Crippen LogP contribution in [-0.4, -0.2) is 73.9 Å². The van der Waals surface area contributed by atoms with Crippen molar-refractivity contribution in [1.29, 1.82) is 0 Å². The van der Waals surface area contributed by atoms with Crippen molar-refractivity contribution in [2.45, 2.75) is 11.8 Å². The zero-order valence-electron chi connectivity index (χ0n) is 13.2. The maximum atomic E-state index is 12.8. The number of fused-ring (bicyclic) bond motifs is 1. The zero-order valence-corrected chi connectivity index (χ0v) is 17.9. The predicted molar refractivity (Wildman–Crippen MR) is 93.0 cm³/mol. The number of aromatic nitrogens is 2. The third kappa shape index (κ3) is 5.09. The molecule has 0 aliphatic rings. The summed E-state index contributed by atoms with van der Waals surface area (Å²) < 4.78 is 56.8. The molecule has 3 aromatic rings. The molecule has 1 aromatic carbocycles. The fraction of sp³-hybridized carbons (Fsp3) is 0.0714. The fourth-order valence-corrected chi connectivity index (χ4v) is 5.02. The van der Waals surface area contributed by atoms with Crippen LogP contribution in [0.25, 0.3) is 11.0 Å². The van der Waals surface area contributed by atoms with Gasteiger partial charge in [0.05, 0.1) is 0 Å². The standard InChI is InChI=1S/C14H10ClN2O2S.BF3.K/c1-10-2-4-13(5-3-10)20(18,19)17-7-6-11-8-12(15)9-16-14(11)17;2-1(3)4;/h2-5,7-9H,1H3;;. The van der Waals surface area contributed by atoms with E-state index in [4.69, 9.17) is 11.6 Å². The van der Waals surface area contributed by atoms with E-state index in [1.165, 1.54) is 10.2 Å². The van der Waals surface area contributed by atoms with Gasteiger partial charge in [-0.05, 0) is 0 Å². The van der Waals surface area contributed by atoms with Crippen LogP contribution in [0.2, 0.25) is 5.02 Å². The van der Waals surface area contributed by atoms with E-state index in [0.717, 1.165) is 10.6 Å². The van der Waals surface area contributed by atoms with Gasteiger partial charge in [0.1, 0.15) is 0 Å². The minimum Gasteiger partial charge on any atom is -0.254 e. The van der Waals surface area contributed by atoms with Crippen LogP contribution in [0.3, 0.4) is 0 Å². The second kappa shape index (κ2) is 8.55. The van der Waals surface area contributed by atoms with Crippen LogP contribution in [0.5, 0.6) is 0 Å². The smallest absolute Gasteiger partial charge is 0.254 e. The molecule has 4 nitrogen and oxygen atoms in total. The van der Waals surface area contributed by atoms with Crippen LogP contribution >= 0.6 is 11.6 Å². The summed E-state index contributed by atoms with van der Waals surface area (Å²) in [7, 11) is -7.30. The molecule has 11 heteroatoms. The van der Waals surface area contributed by atoms with E-state index >= 15 is 0 Å². The third-order valence-electron chi connectivity index (χ3n) is 3.36. The van der Waals surface area contributed by atoms with Crippen LogP contribution in [0, 0.1) is 6.92 Å². The normalized spacial score (nSPS) is 11.2. The Bertz CT molecular complexity index is 994. The van der Waals surface area contributed by atoms with E-state index in [0.29, 0.717) is 59.6 Å². The number of nitrogens with zero attached hydrogens (tertiary/aromatic N) is 2. The second-order valence-electron chi connectivity index (χ2n) is 5.20. The molecule has 25 heavy (non-hydrogen) atoms. The Morgan fingerprint density at radius 1 is 1.20 bits per heavy atom. The quantitative estimate of drug-likeness (QED) is 0.608. The average Bonchev–Trinajstić information content (AvgIpc) is 2.84.